The van der Waals surface area contributed by atoms with E-state index in [0.717, 1.165) is 0 Å². The SMILES string of the molecule is C/C=C/C(=O)N1CCOCC1C(=O)NC(C)C. The second-order valence-electron chi connectivity index (χ2n) is 4.29. The van der Waals surface area contributed by atoms with Crippen LogP contribution in [0.2, 0.25) is 0 Å². The molecule has 0 aromatic heterocycles. The first-order chi connectivity index (χ1) is 8.06. The van der Waals surface area contributed by atoms with Crippen molar-refractivity contribution in [1.82, 2.24) is 10.2 Å². The number of rotatable bonds is 3. The summed E-state index contributed by atoms with van der Waals surface area (Å²) in [7, 11) is 0. The summed E-state index contributed by atoms with van der Waals surface area (Å²) in [4.78, 5) is 25.3. The van der Waals surface area contributed by atoms with E-state index >= 15 is 0 Å². The minimum absolute atomic E-state index is 0.0584. The van der Waals surface area contributed by atoms with Crippen molar-refractivity contribution in [2.24, 2.45) is 0 Å². The number of carbonyl (C=O) groups is 2. The van der Waals surface area contributed by atoms with Gasteiger partial charge >= 0.3 is 0 Å². The maximum Gasteiger partial charge on any atom is 0.247 e. The van der Waals surface area contributed by atoms with Crippen molar-refractivity contribution in [2.75, 3.05) is 19.8 Å². The van der Waals surface area contributed by atoms with Crippen molar-refractivity contribution in [3.05, 3.63) is 12.2 Å². The number of nitrogens with one attached hydrogen (secondary N) is 1. The van der Waals surface area contributed by atoms with E-state index < -0.39 is 6.04 Å². The lowest BCUT2D eigenvalue weighted by Crippen LogP contribution is -2.56. The van der Waals surface area contributed by atoms with Crippen molar-refractivity contribution in [3.8, 4) is 0 Å². The van der Waals surface area contributed by atoms with Crippen LogP contribution in [-0.2, 0) is 14.3 Å². The molecule has 5 heteroatoms. The first kappa shape index (κ1) is 13.7. The zero-order valence-corrected chi connectivity index (χ0v) is 10.6. The van der Waals surface area contributed by atoms with Gasteiger partial charge in [0.05, 0.1) is 13.2 Å². The van der Waals surface area contributed by atoms with Crippen LogP contribution < -0.4 is 5.32 Å². The third-order valence-electron chi connectivity index (χ3n) is 2.45. The van der Waals surface area contributed by atoms with Crippen molar-refractivity contribution >= 4 is 11.8 Å². The Bertz CT molecular complexity index is 313. The van der Waals surface area contributed by atoms with Crippen molar-refractivity contribution < 1.29 is 14.3 Å². The fraction of sp³-hybridized carbons (Fsp3) is 0.667. The summed E-state index contributed by atoms with van der Waals surface area (Å²) in [5.74, 6) is -0.294. The average molecular weight is 240 g/mol. The Morgan fingerprint density at radius 3 is 2.76 bits per heavy atom. The molecule has 1 fully saturated rings. The molecule has 2 amide bonds. The molecule has 0 radical (unpaired) electrons. The number of carbonyl (C=O) groups excluding carboxylic acids is 2. The normalized spacial score (nSPS) is 20.9. The molecule has 0 aromatic rings. The summed E-state index contributed by atoms with van der Waals surface area (Å²) in [5, 5.41) is 2.80. The summed E-state index contributed by atoms with van der Waals surface area (Å²) in [6.45, 7) is 6.76. The third-order valence-corrected chi connectivity index (χ3v) is 2.45. The highest BCUT2D eigenvalue weighted by molar-refractivity contribution is 5.93. The van der Waals surface area contributed by atoms with Crippen LogP contribution >= 0.6 is 0 Å². The Hall–Kier alpha value is -1.36. The lowest BCUT2D eigenvalue weighted by molar-refractivity contribution is -0.145. The monoisotopic (exact) mass is 240 g/mol. The lowest BCUT2D eigenvalue weighted by atomic mass is 10.2. The summed E-state index contributed by atoms with van der Waals surface area (Å²) in [6.07, 6.45) is 3.15. The quantitative estimate of drug-likeness (QED) is 0.722. The molecule has 0 bridgehead atoms. The summed E-state index contributed by atoms with van der Waals surface area (Å²) >= 11 is 0. The molecule has 17 heavy (non-hydrogen) atoms. The zero-order valence-electron chi connectivity index (χ0n) is 10.6. The number of hydrogen-bond acceptors (Lipinski definition) is 3. The van der Waals surface area contributed by atoms with Crippen LogP contribution in [-0.4, -0.2) is 48.6 Å². The summed E-state index contributed by atoms with van der Waals surface area (Å²) < 4.78 is 5.26. The topological polar surface area (TPSA) is 58.6 Å². The molecule has 5 nitrogen and oxygen atoms in total. The smallest absolute Gasteiger partial charge is 0.247 e. The van der Waals surface area contributed by atoms with Gasteiger partial charge in [0, 0.05) is 12.6 Å². The van der Waals surface area contributed by atoms with Crippen LogP contribution in [0, 0.1) is 0 Å². The van der Waals surface area contributed by atoms with E-state index in [1.165, 1.54) is 6.08 Å². The molecule has 0 aliphatic carbocycles. The van der Waals surface area contributed by atoms with Crippen molar-refractivity contribution in [2.45, 2.75) is 32.9 Å². The Balaban J connectivity index is 2.71. The van der Waals surface area contributed by atoms with E-state index in [0.29, 0.717) is 13.2 Å². The summed E-state index contributed by atoms with van der Waals surface area (Å²) in [5.41, 5.74) is 0. The fourth-order valence-corrected chi connectivity index (χ4v) is 1.70. The Labute approximate surface area is 102 Å². The van der Waals surface area contributed by atoms with Crippen LogP contribution in [0.25, 0.3) is 0 Å². The minimum atomic E-state index is -0.519. The molecule has 0 aromatic carbocycles. The van der Waals surface area contributed by atoms with Gasteiger partial charge in [-0.3, -0.25) is 9.59 Å². The predicted octanol–water partition coefficient (Wildman–Crippen LogP) is 0.315. The third kappa shape index (κ3) is 3.85. The van der Waals surface area contributed by atoms with E-state index in [9.17, 15) is 9.59 Å². The first-order valence-electron chi connectivity index (χ1n) is 5.87. The number of nitrogens with zero attached hydrogens (tertiary/aromatic N) is 1. The molecule has 1 atom stereocenters. The number of hydrogen-bond donors (Lipinski definition) is 1. The highest BCUT2D eigenvalue weighted by Gasteiger charge is 2.31. The highest BCUT2D eigenvalue weighted by Crippen LogP contribution is 2.08. The molecule has 0 spiro atoms. The van der Waals surface area contributed by atoms with E-state index in [-0.39, 0.29) is 24.5 Å². The fourth-order valence-electron chi connectivity index (χ4n) is 1.70. The Morgan fingerprint density at radius 1 is 1.47 bits per heavy atom. The lowest BCUT2D eigenvalue weighted by Gasteiger charge is -2.34. The molecule has 1 heterocycles. The zero-order chi connectivity index (χ0) is 12.8. The molecule has 96 valence electrons. The van der Waals surface area contributed by atoms with Crippen LogP contribution in [0.4, 0.5) is 0 Å². The molecule has 1 aliphatic rings. The van der Waals surface area contributed by atoms with Gasteiger partial charge in [-0.1, -0.05) is 6.08 Å². The molecule has 1 rings (SSSR count). The van der Waals surface area contributed by atoms with E-state index in [2.05, 4.69) is 5.32 Å². The molecule has 0 saturated carbocycles. The molecule has 1 aliphatic heterocycles. The van der Waals surface area contributed by atoms with Crippen molar-refractivity contribution in [1.29, 1.82) is 0 Å². The maximum atomic E-state index is 11.9. The van der Waals surface area contributed by atoms with Crippen LogP contribution in [0.1, 0.15) is 20.8 Å². The Kier molecular flexibility index (Phi) is 5.15. The van der Waals surface area contributed by atoms with Gasteiger partial charge in [0.25, 0.3) is 0 Å². The van der Waals surface area contributed by atoms with Gasteiger partial charge in [-0.05, 0) is 26.8 Å². The van der Waals surface area contributed by atoms with Gasteiger partial charge in [-0.25, -0.2) is 0 Å². The molecule has 1 saturated heterocycles. The van der Waals surface area contributed by atoms with Crippen LogP contribution in [0.5, 0.6) is 0 Å². The van der Waals surface area contributed by atoms with Gasteiger partial charge in [-0.15, -0.1) is 0 Å². The van der Waals surface area contributed by atoms with E-state index in [1.54, 1.807) is 17.9 Å². The minimum Gasteiger partial charge on any atom is -0.377 e. The highest BCUT2D eigenvalue weighted by atomic mass is 16.5. The van der Waals surface area contributed by atoms with Gasteiger partial charge in [0.1, 0.15) is 6.04 Å². The molecular weight excluding hydrogens is 220 g/mol. The van der Waals surface area contributed by atoms with Gasteiger partial charge < -0.3 is 15.0 Å². The largest absolute Gasteiger partial charge is 0.377 e. The molecule has 1 N–H and O–H groups in total. The van der Waals surface area contributed by atoms with Crippen molar-refractivity contribution in [3.63, 3.8) is 0 Å². The predicted molar refractivity (Wildman–Crippen MR) is 64.4 cm³/mol. The van der Waals surface area contributed by atoms with Crippen LogP contribution in [0.15, 0.2) is 12.2 Å². The van der Waals surface area contributed by atoms with E-state index in [1.807, 2.05) is 13.8 Å². The van der Waals surface area contributed by atoms with Gasteiger partial charge in [0.2, 0.25) is 11.8 Å². The average Bonchev–Trinajstić information content (AvgIpc) is 2.28. The van der Waals surface area contributed by atoms with Gasteiger partial charge in [0.15, 0.2) is 0 Å². The maximum absolute atomic E-state index is 11.9. The van der Waals surface area contributed by atoms with Gasteiger partial charge in [-0.2, -0.15) is 0 Å². The first-order valence-corrected chi connectivity index (χ1v) is 5.87. The number of morpholine rings is 1. The number of ether oxygens (including phenoxy) is 1. The number of amides is 2. The van der Waals surface area contributed by atoms with E-state index in [4.69, 9.17) is 4.74 Å². The Morgan fingerprint density at radius 2 is 2.18 bits per heavy atom. The second kappa shape index (κ2) is 6.39. The second-order valence-corrected chi connectivity index (χ2v) is 4.29. The molecular formula is C12H20N2O3. The van der Waals surface area contributed by atoms with Crippen LogP contribution in [0.3, 0.4) is 0 Å². The summed E-state index contributed by atoms with van der Waals surface area (Å²) in [6, 6.07) is -0.460. The molecule has 1 unspecified atom stereocenters. The number of allylic oxidation sites excluding steroid dienone is 1. The standard InChI is InChI=1S/C12H20N2O3/c1-4-5-11(15)14-6-7-17-8-10(14)12(16)13-9(2)3/h4-5,9-10H,6-8H2,1-3H3,(H,13,16)/b5-4+.